The maximum absolute atomic E-state index is 11.8. The minimum atomic E-state index is -0.417. The molecular weight excluding hydrogens is 400 g/mol. The molecule has 0 saturated carbocycles. The number of nitrogens with one attached hydrogen (secondary N) is 1. The van der Waals surface area contributed by atoms with E-state index in [1.807, 2.05) is 59.2 Å². The van der Waals surface area contributed by atoms with Gasteiger partial charge in [-0.15, -0.1) is 0 Å². The number of aromatic nitrogens is 2. The molecule has 0 radical (unpaired) electrons. The van der Waals surface area contributed by atoms with Gasteiger partial charge >= 0.3 is 5.69 Å². The highest BCUT2D eigenvalue weighted by Gasteiger charge is 2.22. The van der Waals surface area contributed by atoms with Gasteiger partial charge in [0.15, 0.2) is 0 Å². The number of nitro groups is 1. The molecule has 1 N–H and O–H groups in total. The van der Waals surface area contributed by atoms with Crippen LogP contribution in [0.5, 0.6) is 0 Å². The number of benzene rings is 3. The fraction of sp³-hybridized carbons (Fsp3) is 0. The lowest BCUT2D eigenvalue weighted by molar-refractivity contribution is -0.384. The van der Waals surface area contributed by atoms with Gasteiger partial charge in [-0.25, -0.2) is 4.98 Å². The van der Waals surface area contributed by atoms with Crippen molar-refractivity contribution in [1.29, 1.82) is 0 Å². The molecule has 146 valence electrons. The van der Waals surface area contributed by atoms with Crippen LogP contribution in [0.1, 0.15) is 0 Å². The predicted octanol–water partition coefficient (Wildman–Crippen LogP) is 6.48. The van der Waals surface area contributed by atoms with Gasteiger partial charge in [0.05, 0.1) is 10.4 Å². The molecule has 0 aliphatic rings. The SMILES string of the molecule is O=[N+]([O-])c1cc2c3ccccc3n(-c3ccccc3)c2nc1Nc1ccc(Cl)cc1. The molecule has 6 nitrogen and oxygen atoms in total. The molecule has 0 aliphatic carbocycles. The topological polar surface area (TPSA) is 73.0 Å². The van der Waals surface area contributed by atoms with Crippen LogP contribution in [-0.4, -0.2) is 14.5 Å². The van der Waals surface area contributed by atoms with E-state index in [0.29, 0.717) is 16.4 Å². The minimum Gasteiger partial charge on any atom is -0.334 e. The van der Waals surface area contributed by atoms with Gasteiger partial charge in [-0.1, -0.05) is 48.0 Å². The molecule has 0 spiro atoms. The van der Waals surface area contributed by atoms with Crippen LogP contribution >= 0.6 is 11.6 Å². The number of anilines is 2. The summed E-state index contributed by atoms with van der Waals surface area (Å²) in [7, 11) is 0. The Hall–Kier alpha value is -3.90. The van der Waals surface area contributed by atoms with E-state index in [9.17, 15) is 10.1 Å². The number of halogens is 1. The third-order valence-corrected chi connectivity index (χ3v) is 5.20. The van der Waals surface area contributed by atoms with E-state index >= 15 is 0 Å². The van der Waals surface area contributed by atoms with Crippen LogP contribution in [0.15, 0.2) is 84.9 Å². The van der Waals surface area contributed by atoms with Crippen LogP contribution in [0.4, 0.5) is 17.2 Å². The highest BCUT2D eigenvalue weighted by Crippen LogP contribution is 2.36. The van der Waals surface area contributed by atoms with Gasteiger partial charge in [-0.3, -0.25) is 14.7 Å². The summed E-state index contributed by atoms with van der Waals surface area (Å²) in [6.45, 7) is 0. The summed E-state index contributed by atoms with van der Waals surface area (Å²) in [5.74, 6) is 0.176. The van der Waals surface area contributed by atoms with Crippen molar-refractivity contribution < 1.29 is 4.92 Å². The van der Waals surface area contributed by atoms with E-state index in [-0.39, 0.29) is 11.5 Å². The van der Waals surface area contributed by atoms with Crippen molar-refractivity contribution in [3.8, 4) is 5.69 Å². The van der Waals surface area contributed by atoms with Crippen LogP contribution in [0.25, 0.3) is 27.6 Å². The van der Waals surface area contributed by atoms with Gasteiger partial charge in [0.1, 0.15) is 5.65 Å². The molecule has 0 atom stereocenters. The fourth-order valence-corrected chi connectivity index (χ4v) is 3.74. The summed E-state index contributed by atoms with van der Waals surface area (Å²) in [6.07, 6.45) is 0. The largest absolute Gasteiger partial charge is 0.334 e. The molecule has 30 heavy (non-hydrogen) atoms. The second-order valence-electron chi connectivity index (χ2n) is 6.80. The van der Waals surface area contributed by atoms with Crippen LogP contribution in [0, 0.1) is 10.1 Å². The van der Waals surface area contributed by atoms with Crippen molar-refractivity contribution in [1.82, 2.24) is 9.55 Å². The summed E-state index contributed by atoms with van der Waals surface area (Å²) < 4.78 is 2.02. The molecule has 2 heterocycles. The maximum Gasteiger partial charge on any atom is 0.312 e. The first kappa shape index (κ1) is 18.1. The molecule has 7 heteroatoms. The standard InChI is InChI=1S/C23H15ClN4O2/c24-15-10-12-16(13-11-15)25-22-21(28(29)30)14-19-18-8-4-5-9-20(18)27(23(19)26-22)17-6-2-1-3-7-17/h1-14H,(H,25,26). The zero-order valence-electron chi connectivity index (χ0n) is 15.6. The average Bonchev–Trinajstić information content (AvgIpc) is 3.08. The van der Waals surface area contributed by atoms with Crippen LogP contribution in [0.2, 0.25) is 5.02 Å². The Kier molecular flexibility index (Phi) is 4.34. The summed E-state index contributed by atoms with van der Waals surface area (Å²) in [4.78, 5) is 16.1. The fourth-order valence-electron chi connectivity index (χ4n) is 3.61. The average molecular weight is 415 g/mol. The Labute approximate surface area is 176 Å². The van der Waals surface area contributed by atoms with Gasteiger partial charge < -0.3 is 5.32 Å². The number of fused-ring (bicyclic) bond motifs is 3. The van der Waals surface area contributed by atoms with Gasteiger partial charge in [-0.05, 0) is 42.5 Å². The lowest BCUT2D eigenvalue weighted by Gasteiger charge is -2.09. The molecule has 5 rings (SSSR count). The summed E-state index contributed by atoms with van der Waals surface area (Å²) >= 11 is 5.95. The highest BCUT2D eigenvalue weighted by molar-refractivity contribution is 6.30. The van der Waals surface area contributed by atoms with Crippen molar-refractivity contribution in [3.05, 3.63) is 100 Å². The Morgan fingerprint density at radius 2 is 1.60 bits per heavy atom. The van der Waals surface area contributed by atoms with Crippen LogP contribution in [-0.2, 0) is 0 Å². The van der Waals surface area contributed by atoms with E-state index in [1.165, 1.54) is 0 Å². The van der Waals surface area contributed by atoms with E-state index in [1.54, 1.807) is 30.3 Å². The van der Waals surface area contributed by atoms with Gasteiger partial charge in [0.2, 0.25) is 5.82 Å². The first-order valence-electron chi connectivity index (χ1n) is 9.28. The number of hydrogen-bond acceptors (Lipinski definition) is 4. The Morgan fingerprint density at radius 1 is 0.900 bits per heavy atom. The molecule has 0 aliphatic heterocycles. The molecule has 3 aromatic carbocycles. The minimum absolute atomic E-state index is 0.0894. The van der Waals surface area contributed by atoms with Gasteiger partial charge in [0, 0.05) is 33.2 Å². The maximum atomic E-state index is 11.8. The number of rotatable bonds is 4. The predicted molar refractivity (Wildman–Crippen MR) is 120 cm³/mol. The molecule has 0 fully saturated rings. The van der Waals surface area contributed by atoms with E-state index < -0.39 is 4.92 Å². The third-order valence-electron chi connectivity index (χ3n) is 4.95. The molecule has 5 aromatic rings. The zero-order chi connectivity index (χ0) is 20.7. The monoisotopic (exact) mass is 414 g/mol. The van der Waals surface area contributed by atoms with Crippen molar-refractivity contribution in [2.24, 2.45) is 0 Å². The lowest BCUT2D eigenvalue weighted by Crippen LogP contribution is -2.02. The van der Waals surface area contributed by atoms with E-state index in [4.69, 9.17) is 16.6 Å². The Balaban J connectivity index is 1.81. The van der Waals surface area contributed by atoms with E-state index in [0.717, 1.165) is 22.0 Å². The first-order chi connectivity index (χ1) is 14.6. The first-order valence-corrected chi connectivity index (χ1v) is 9.66. The smallest absolute Gasteiger partial charge is 0.312 e. The lowest BCUT2D eigenvalue weighted by atomic mass is 10.2. The zero-order valence-corrected chi connectivity index (χ0v) is 16.4. The summed E-state index contributed by atoms with van der Waals surface area (Å²) in [6, 6.07) is 26.2. The molecule has 0 saturated heterocycles. The number of hydrogen-bond donors (Lipinski definition) is 1. The summed E-state index contributed by atoms with van der Waals surface area (Å²) in [5, 5.41) is 17.1. The van der Waals surface area contributed by atoms with Gasteiger partial charge in [-0.2, -0.15) is 0 Å². The Bertz CT molecular complexity index is 1400. The normalized spacial score (nSPS) is 11.1. The summed E-state index contributed by atoms with van der Waals surface area (Å²) in [5.41, 5.74) is 3.08. The molecule has 0 bridgehead atoms. The quantitative estimate of drug-likeness (QED) is 0.269. The van der Waals surface area contributed by atoms with Crippen molar-refractivity contribution in [2.45, 2.75) is 0 Å². The molecule has 0 amide bonds. The van der Waals surface area contributed by atoms with Crippen molar-refractivity contribution in [3.63, 3.8) is 0 Å². The van der Waals surface area contributed by atoms with E-state index in [2.05, 4.69) is 5.32 Å². The number of nitrogens with zero attached hydrogens (tertiary/aromatic N) is 3. The molecular formula is C23H15ClN4O2. The number of para-hydroxylation sites is 2. The second-order valence-corrected chi connectivity index (χ2v) is 7.24. The third kappa shape index (κ3) is 3.03. The number of pyridine rings is 1. The Morgan fingerprint density at radius 3 is 2.33 bits per heavy atom. The molecule has 2 aromatic heterocycles. The molecule has 0 unspecified atom stereocenters. The van der Waals surface area contributed by atoms with Crippen LogP contribution in [0.3, 0.4) is 0 Å². The van der Waals surface area contributed by atoms with Crippen molar-refractivity contribution in [2.75, 3.05) is 5.32 Å². The van der Waals surface area contributed by atoms with Gasteiger partial charge in [0.25, 0.3) is 0 Å². The van der Waals surface area contributed by atoms with Crippen molar-refractivity contribution >= 4 is 50.7 Å². The second kappa shape index (κ2) is 7.17. The van der Waals surface area contributed by atoms with Crippen LogP contribution < -0.4 is 5.32 Å². The highest BCUT2D eigenvalue weighted by atomic mass is 35.5.